The topological polar surface area (TPSA) is 25.8 Å². The monoisotopic (exact) mass is 470 g/mol. The van der Waals surface area contributed by atoms with Gasteiger partial charge in [0.1, 0.15) is 5.15 Å². The van der Waals surface area contributed by atoms with Gasteiger partial charge < -0.3 is 0 Å². The lowest BCUT2D eigenvalue weighted by Gasteiger charge is -2.11. The summed E-state index contributed by atoms with van der Waals surface area (Å²) in [5.41, 5.74) is 1.85. The van der Waals surface area contributed by atoms with Crippen molar-refractivity contribution < 1.29 is 0 Å². The van der Waals surface area contributed by atoms with E-state index >= 15 is 0 Å². The molecule has 0 radical (unpaired) electrons. The standard InChI is InChI=1S/C13H10BrCl2IN2/c1-6(2)11-10(17)12(16)19-13(18-11)7-3-4-9(15)8(14)5-7/h3-6H,1-2H3. The third-order valence-corrected chi connectivity index (χ3v) is 5.43. The first-order valence-electron chi connectivity index (χ1n) is 5.58. The molecule has 2 rings (SSSR count). The molecule has 0 saturated carbocycles. The summed E-state index contributed by atoms with van der Waals surface area (Å²) in [6.07, 6.45) is 0. The maximum atomic E-state index is 6.19. The van der Waals surface area contributed by atoms with Crippen molar-refractivity contribution in [2.24, 2.45) is 0 Å². The van der Waals surface area contributed by atoms with E-state index in [9.17, 15) is 0 Å². The second-order valence-electron chi connectivity index (χ2n) is 4.32. The van der Waals surface area contributed by atoms with Crippen molar-refractivity contribution in [3.8, 4) is 11.4 Å². The molecule has 2 nitrogen and oxygen atoms in total. The lowest BCUT2D eigenvalue weighted by Crippen LogP contribution is -2.02. The highest BCUT2D eigenvalue weighted by Crippen LogP contribution is 2.31. The number of hydrogen-bond donors (Lipinski definition) is 0. The number of hydrogen-bond acceptors (Lipinski definition) is 2. The van der Waals surface area contributed by atoms with Crippen LogP contribution in [-0.2, 0) is 0 Å². The Balaban J connectivity index is 2.59. The van der Waals surface area contributed by atoms with E-state index in [0.29, 0.717) is 21.9 Å². The van der Waals surface area contributed by atoms with Gasteiger partial charge in [0.2, 0.25) is 0 Å². The summed E-state index contributed by atoms with van der Waals surface area (Å²) >= 11 is 17.8. The molecular weight excluding hydrogens is 462 g/mol. The Morgan fingerprint density at radius 1 is 1.21 bits per heavy atom. The molecule has 1 aromatic carbocycles. The number of halogens is 4. The van der Waals surface area contributed by atoms with E-state index in [-0.39, 0.29) is 0 Å². The summed E-state index contributed by atoms with van der Waals surface area (Å²) in [6, 6.07) is 5.59. The molecule has 0 N–H and O–H groups in total. The first kappa shape index (κ1) is 15.5. The summed E-state index contributed by atoms with van der Waals surface area (Å²) in [5, 5.41) is 1.14. The Bertz CT molecular complexity index is 632. The lowest BCUT2D eigenvalue weighted by atomic mass is 10.1. The zero-order valence-corrected chi connectivity index (χ0v) is 15.5. The van der Waals surface area contributed by atoms with Crippen molar-refractivity contribution in [2.45, 2.75) is 19.8 Å². The van der Waals surface area contributed by atoms with E-state index in [1.165, 1.54) is 0 Å². The van der Waals surface area contributed by atoms with Gasteiger partial charge in [-0.05, 0) is 62.6 Å². The zero-order valence-electron chi connectivity index (χ0n) is 10.2. The Hall–Kier alpha value is 0.0900. The zero-order chi connectivity index (χ0) is 14.2. The summed E-state index contributed by atoms with van der Waals surface area (Å²) in [6.45, 7) is 4.17. The second kappa shape index (κ2) is 6.24. The molecule has 6 heteroatoms. The average Bonchev–Trinajstić information content (AvgIpc) is 2.35. The lowest BCUT2D eigenvalue weighted by molar-refractivity contribution is 0.808. The third kappa shape index (κ3) is 3.40. The van der Waals surface area contributed by atoms with E-state index in [1.54, 1.807) is 0 Å². The minimum absolute atomic E-state index is 0.293. The Labute approximate surface area is 144 Å². The summed E-state index contributed by atoms with van der Waals surface area (Å²) in [5.74, 6) is 0.911. The van der Waals surface area contributed by atoms with E-state index < -0.39 is 0 Å². The van der Waals surface area contributed by atoms with Crippen LogP contribution in [0.4, 0.5) is 0 Å². The number of aromatic nitrogens is 2. The predicted octanol–water partition coefficient (Wildman–Crippen LogP) is 5.94. The summed E-state index contributed by atoms with van der Waals surface area (Å²) in [7, 11) is 0. The van der Waals surface area contributed by atoms with Crippen molar-refractivity contribution in [1.82, 2.24) is 9.97 Å². The smallest absolute Gasteiger partial charge is 0.161 e. The van der Waals surface area contributed by atoms with Crippen LogP contribution in [0.25, 0.3) is 11.4 Å². The fourth-order valence-electron chi connectivity index (χ4n) is 1.58. The molecule has 0 bridgehead atoms. The van der Waals surface area contributed by atoms with E-state index in [0.717, 1.165) is 19.3 Å². The van der Waals surface area contributed by atoms with E-state index in [2.05, 4.69) is 62.3 Å². The highest BCUT2D eigenvalue weighted by molar-refractivity contribution is 14.1. The minimum Gasteiger partial charge on any atom is -0.232 e. The van der Waals surface area contributed by atoms with Gasteiger partial charge >= 0.3 is 0 Å². The van der Waals surface area contributed by atoms with Crippen LogP contribution in [0.3, 0.4) is 0 Å². The average molecular weight is 472 g/mol. The van der Waals surface area contributed by atoms with Crippen LogP contribution >= 0.6 is 61.7 Å². The Morgan fingerprint density at radius 3 is 2.47 bits per heavy atom. The maximum absolute atomic E-state index is 6.19. The fourth-order valence-corrected chi connectivity index (χ4v) is 3.12. The molecule has 19 heavy (non-hydrogen) atoms. The van der Waals surface area contributed by atoms with Crippen LogP contribution in [-0.4, -0.2) is 9.97 Å². The Kier molecular flexibility index (Phi) is 5.09. The van der Waals surface area contributed by atoms with Crippen LogP contribution in [0.5, 0.6) is 0 Å². The molecule has 0 atom stereocenters. The van der Waals surface area contributed by atoms with Crippen LogP contribution in [0.15, 0.2) is 22.7 Å². The first-order valence-corrected chi connectivity index (χ1v) is 8.21. The van der Waals surface area contributed by atoms with Gasteiger partial charge in [-0.2, -0.15) is 0 Å². The van der Waals surface area contributed by atoms with Crippen molar-refractivity contribution in [1.29, 1.82) is 0 Å². The van der Waals surface area contributed by atoms with Gasteiger partial charge in [-0.1, -0.05) is 37.0 Å². The van der Waals surface area contributed by atoms with Gasteiger partial charge in [-0.3, -0.25) is 0 Å². The van der Waals surface area contributed by atoms with Crippen molar-refractivity contribution in [2.75, 3.05) is 0 Å². The van der Waals surface area contributed by atoms with Crippen LogP contribution in [0, 0.1) is 3.57 Å². The molecular formula is C13H10BrCl2IN2. The summed E-state index contributed by atoms with van der Waals surface area (Å²) in [4.78, 5) is 8.95. The van der Waals surface area contributed by atoms with E-state index in [4.69, 9.17) is 23.2 Å². The molecule has 0 aliphatic heterocycles. The number of benzene rings is 1. The molecule has 0 aliphatic carbocycles. The van der Waals surface area contributed by atoms with Gasteiger partial charge in [0.15, 0.2) is 5.82 Å². The largest absolute Gasteiger partial charge is 0.232 e. The second-order valence-corrected chi connectivity index (χ2v) is 7.02. The molecule has 2 aromatic rings. The van der Waals surface area contributed by atoms with Crippen LogP contribution in [0.2, 0.25) is 10.2 Å². The molecule has 0 aliphatic rings. The quantitative estimate of drug-likeness (QED) is 0.400. The maximum Gasteiger partial charge on any atom is 0.161 e. The Morgan fingerprint density at radius 2 is 1.89 bits per heavy atom. The fraction of sp³-hybridized carbons (Fsp3) is 0.231. The molecule has 0 saturated heterocycles. The summed E-state index contributed by atoms with van der Waals surface area (Å²) < 4.78 is 1.72. The highest BCUT2D eigenvalue weighted by atomic mass is 127. The van der Waals surface area contributed by atoms with Crippen LogP contribution in [0.1, 0.15) is 25.5 Å². The first-order chi connectivity index (χ1) is 8.90. The van der Waals surface area contributed by atoms with E-state index in [1.807, 2.05) is 18.2 Å². The molecule has 0 fully saturated rings. The molecule has 1 heterocycles. The number of rotatable bonds is 2. The normalized spacial score (nSPS) is 11.1. The third-order valence-electron chi connectivity index (χ3n) is 2.56. The molecule has 100 valence electrons. The molecule has 0 amide bonds. The minimum atomic E-state index is 0.293. The van der Waals surface area contributed by atoms with Crippen molar-refractivity contribution in [3.63, 3.8) is 0 Å². The van der Waals surface area contributed by atoms with Crippen molar-refractivity contribution in [3.05, 3.63) is 42.1 Å². The predicted molar refractivity (Wildman–Crippen MR) is 92.0 cm³/mol. The number of nitrogens with zero attached hydrogens (tertiary/aromatic N) is 2. The van der Waals surface area contributed by atoms with Gasteiger partial charge in [-0.25, -0.2) is 9.97 Å². The van der Waals surface area contributed by atoms with Gasteiger partial charge in [0, 0.05) is 10.0 Å². The van der Waals surface area contributed by atoms with Crippen molar-refractivity contribution >= 4 is 61.7 Å². The molecule has 0 unspecified atom stereocenters. The molecule has 1 aromatic heterocycles. The van der Waals surface area contributed by atoms with Gasteiger partial charge in [0.05, 0.1) is 14.3 Å². The van der Waals surface area contributed by atoms with Crippen LogP contribution < -0.4 is 0 Å². The highest BCUT2D eigenvalue weighted by Gasteiger charge is 2.15. The molecule has 0 spiro atoms. The SMILES string of the molecule is CC(C)c1nc(-c2ccc(Cl)c(Br)c2)nc(Cl)c1I. The van der Waals surface area contributed by atoms with Gasteiger partial charge in [0.25, 0.3) is 0 Å². The van der Waals surface area contributed by atoms with Gasteiger partial charge in [-0.15, -0.1) is 0 Å².